The van der Waals surface area contributed by atoms with Crippen LogP contribution in [0.3, 0.4) is 0 Å². The number of phenols is 1. The lowest BCUT2D eigenvalue weighted by molar-refractivity contribution is -0.139. The molecule has 6 atom stereocenters. The van der Waals surface area contributed by atoms with Gasteiger partial charge >= 0.3 is 11.9 Å². The molecule has 5 N–H and O–H groups in total. The number of alkyl halides is 1. The van der Waals surface area contributed by atoms with Gasteiger partial charge in [-0.1, -0.05) is 39.4 Å². The predicted octanol–water partition coefficient (Wildman–Crippen LogP) is 6.33. The first-order valence-electron chi connectivity index (χ1n) is 21.8. The number of carboxylic acids is 2. The van der Waals surface area contributed by atoms with E-state index in [4.69, 9.17) is 47.9 Å². The maximum atomic E-state index is 11.3. The topological polar surface area (TPSA) is 243 Å². The summed E-state index contributed by atoms with van der Waals surface area (Å²) in [6.07, 6.45) is 0.0669. The Hall–Kier alpha value is -6.96. The Labute approximate surface area is 405 Å². The third-order valence-electron chi connectivity index (χ3n) is 12.4. The Morgan fingerprint density at radius 2 is 1.17 bits per heavy atom. The average Bonchev–Trinajstić information content (AvgIpc) is 4.18. The lowest BCUT2D eigenvalue weighted by Gasteiger charge is -2.29. The van der Waals surface area contributed by atoms with Crippen LogP contribution in [0.4, 0.5) is 0 Å². The minimum absolute atomic E-state index is 0.0347. The van der Waals surface area contributed by atoms with E-state index in [1.54, 1.807) is 26.4 Å². The molecule has 0 aliphatic carbocycles. The summed E-state index contributed by atoms with van der Waals surface area (Å²) in [4.78, 5) is 32.0. The fourth-order valence-electron chi connectivity index (χ4n) is 9.02. The van der Waals surface area contributed by atoms with E-state index >= 15 is 0 Å². The molecule has 0 radical (unpaired) electrons. The molecular weight excluding hydrogens is 964 g/mol. The summed E-state index contributed by atoms with van der Waals surface area (Å²) >= 11 is 2.71. The highest BCUT2D eigenvalue weighted by Gasteiger charge is 2.46. The van der Waals surface area contributed by atoms with E-state index in [1.807, 2.05) is 50.2 Å². The number of aliphatic hydroxyl groups is 2. The van der Waals surface area contributed by atoms with Crippen LogP contribution in [0.2, 0.25) is 0 Å². The normalized spacial score (nSPS) is 21.4. The number of carboxylic acid groups (broad SMARTS) is 2. The first kappa shape index (κ1) is 48.5. The minimum Gasteiger partial charge on any atom is -0.507 e. The monoisotopic (exact) mass is 1010 g/mol. The number of benzene rings is 4. The van der Waals surface area contributed by atoms with E-state index < -0.39 is 18.5 Å². The molecule has 0 fully saturated rings. The zero-order chi connectivity index (χ0) is 49.3. The number of fused-ring (bicyclic) bond motifs is 8. The van der Waals surface area contributed by atoms with Crippen LogP contribution in [-0.4, -0.2) is 113 Å². The number of aliphatic hydroxyl groups excluding tert-OH is 2. The van der Waals surface area contributed by atoms with E-state index in [1.165, 1.54) is 0 Å². The van der Waals surface area contributed by atoms with Crippen LogP contribution < -0.4 is 33.2 Å². The molecule has 0 amide bonds. The molecule has 0 aromatic heterocycles. The van der Waals surface area contributed by atoms with Gasteiger partial charge in [0.05, 0.1) is 39.3 Å². The molecule has 4 unspecified atom stereocenters. The molecule has 0 saturated carbocycles. The molecule has 10 rings (SSSR count). The lowest BCUT2D eigenvalue weighted by Crippen LogP contribution is -2.33. The molecule has 0 spiro atoms. The van der Waals surface area contributed by atoms with E-state index in [2.05, 4.69) is 39.4 Å². The van der Waals surface area contributed by atoms with E-state index in [-0.39, 0.29) is 67.2 Å². The summed E-state index contributed by atoms with van der Waals surface area (Å²) in [6.45, 7) is 11.5. The number of nitrogens with zero attached hydrogens (tertiary/aromatic N) is 2. The second-order valence-corrected chi connectivity index (χ2v) is 17.5. The number of phenolic OH excluding ortho intramolecular Hbond substituents is 1. The first-order chi connectivity index (χ1) is 33.2. The fraction of sp³-hybridized carbons (Fsp3) is 0.360. The van der Waals surface area contributed by atoms with Crippen molar-refractivity contribution >= 4 is 39.3 Å². The number of aliphatic carboxylic acids is 2. The number of aromatic hydroxyl groups is 1. The first-order valence-corrected chi connectivity index (χ1v) is 23.0. The van der Waals surface area contributed by atoms with Gasteiger partial charge in [0.1, 0.15) is 88.2 Å². The Morgan fingerprint density at radius 1 is 0.710 bits per heavy atom. The zero-order valence-corrected chi connectivity index (χ0v) is 39.7. The molecule has 6 heterocycles. The molecule has 0 saturated heterocycles. The molecule has 0 bridgehead atoms. The van der Waals surface area contributed by atoms with Gasteiger partial charge in [0.15, 0.2) is 18.8 Å². The van der Waals surface area contributed by atoms with Crippen molar-refractivity contribution in [3.8, 4) is 46.0 Å². The summed E-state index contributed by atoms with van der Waals surface area (Å²) in [5, 5.41) is 56.0. The lowest BCUT2D eigenvalue weighted by atomic mass is 9.83. The third-order valence-corrected chi connectivity index (χ3v) is 12.9. The Balaban J connectivity index is 0.000000171. The van der Waals surface area contributed by atoms with Crippen molar-refractivity contribution in [2.75, 3.05) is 39.4 Å². The fourth-order valence-corrected chi connectivity index (χ4v) is 9.02. The van der Waals surface area contributed by atoms with Crippen molar-refractivity contribution in [3.05, 3.63) is 117 Å². The van der Waals surface area contributed by atoms with Gasteiger partial charge in [-0.3, -0.25) is 4.79 Å². The van der Waals surface area contributed by atoms with Crippen LogP contribution in [-0.2, 0) is 45.3 Å². The van der Waals surface area contributed by atoms with Crippen molar-refractivity contribution in [2.45, 2.75) is 76.2 Å². The average molecular weight is 1020 g/mol. The van der Waals surface area contributed by atoms with Gasteiger partial charge < -0.3 is 68.4 Å². The van der Waals surface area contributed by atoms with Crippen LogP contribution in [0, 0.1) is 0 Å². The highest BCUT2D eigenvalue weighted by molar-refractivity contribution is 9.09. The SMILES string of the molecule is C=C(C)[C@H]1Cc2c(ccc(C3=NOC4COc5cc(CO)c(OC)cc5C34)c2O)O1.C=C(C)[C@H]1Cc2c(ccc(C3=NOC4COc5cc(CO)c(OC)cc5C34)c2OCC(=O)O)O1.O=C(O)CBr. The van der Waals surface area contributed by atoms with Crippen molar-refractivity contribution in [3.63, 3.8) is 0 Å². The summed E-state index contributed by atoms with van der Waals surface area (Å²) in [7, 11) is 3.10. The molecule has 4 aromatic carbocycles. The predicted molar refractivity (Wildman–Crippen MR) is 252 cm³/mol. The summed E-state index contributed by atoms with van der Waals surface area (Å²) in [6, 6.07) is 14.6. The minimum atomic E-state index is -1.08. The number of oxime groups is 2. The van der Waals surface area contributed by atoms with Crippen molar-refractivity contribution in [2.24, 2.45) is 10.3 Å². The standard InChI is InChI=1S/C25H25NO8.C23H23NO6.C2H3BrO2/c1-12(2)18-8-16-17(33-18)5-4-14(25(16)32-11-22(28)29)24-23-15-7-19(30-3)13(9-27)6-20(15)31-10-21(23)34-26-24;1-11(2)17-8-15-16(29-17)5-4-13(23(15)26)22-21-14-7-18(27-3)12(9-25)6-19(14)28-10-20(21)30-24-22;3-1-2(4)5/h4-7,18,21,23,27H,1,8-11H2,2-3H3,(H,28,29);4-7,17,20-21,25-26H,1,8-10H2,2-3H3;1H2,(H,4,5)/t18-,21?,23?;17-,20?,21?;/m11./s1. The van der Waals surface area contributed by atoms with Crippen LogP contribution in [0.15, 0.2) is 83.1 Å². The van der Waals surface area contributed by atoms with E-state index in [9.17, 15) is 30.0 Å². The number of halogens is 1. The Kier molecular flexibility index (Phi) is 14.3. The van der Waals surface area contributed by atoms with Crippen molar-refractivity contribution in [1.29, 1.82) is 0 Å². The van der Waals surface area contributed by atoms with Crippen LogP contribution in [0.1, 0.15) is 70.2 Å². The molecule has 6 aliphatic heterocycles. The van der Waals surface area contributed by atoms with E-state index in [0.717, 1.165) is 33.4 Å². The van der Waals surface area contributed by atoms with Gasteiger partial charge in [-0.15, -0.1) is 0 Å². The van der Waals surface area contributed by atoms with Crippen LogP contribution in [0.5, 0.6) is 46.0 Å². The maximum absolute atomic E-state index is 11.3. The quantitative estimate of drug-likeness (QED) is 0.0769. The van der Waals surface area contributed by atoms with Gasteiger partial charge in [0.25, 0.3) is 0 Å². The summed E-state index contributed by atoms with van der Waals surface area (Å²) in [5.41, 5.74) is 8.74. The number of rotatable bonds is 12. The van der Waals surface area contributed by atoms with Gasteiger partial charge in [-0.25, -0.2) is 4.79 Å². The zero-order valence-electron chi connectivity index (χ0n) is 38.2. The molecular formula is C50H51BrN2O16. The summed E-state index contributed by atoms with van der Waals surface area (Å²) < 4.78 is 40.3. The Bertz CT molecular complexity index is 2770. The van der Waals surface area contributed by atoms with Gasteiger partial charge in [0.2, 0.25) is 0 Å². The smallest absolute Gasteiger partial charge is 0.341 e. The second-order valence-electron chi connectivity index (χ2n) is 16.9. The van der Waals surface area contributed by atoms with Crippen molar-refractivity contribution in [1.82, 2.24) is 0 Å². The van der Waals surface area contributed by atoms with Gasteiger partial charge in [-0.05, 0) is 73.5 Å². The molecule has 19 heteroatoms. The maximum Gasteiger partial charge on any atom is 0.341 e. The number of methoxy groups -OCH3 is 2. The summed E-state index contributed by atoms with van der Waals surface area (Å²) in [5.74, 6) is 1.82. The second kappa shape index (κ2) is 20.3. The number of ether oxygens (including phenoxy) is 7. The molecule has 4 aromatic rings. The highest BCUT2D eigenvalue weighted by Crippen LogP contribution is 2.49. The van der Waals surface area contributed by atoms with Crippen LogP contribution in [0.25, 0.3) is 0 Å². The molecule has 18 nitrogen and oxygen atoms in total. The number of hydrogen-bond donors (Lipinski definition) is 5. The third kappa shape index (κ3) is 9.45. The molecule has 6 aliphatic rings. The van der Waals surface area contributed by atoms with Crippen LogP contribution >= 0.6 is 15.9 Å². The number of carbonyl (C=O) groups is 2. The van der Waals surface area contributed by atoms with Gasteiger partial charge in [-0.2, -0.15) is 0 Å². The van der Waals surface area contributed by atoms with Crippen molar-refractivity contribution < 1.29 is 78.0 Å². The molecule has 364 valence electrons. The van der Waals surface area contributed by atoms with Gasteiger partial charge in [0, 0.05) is 57.3 Å². The Morgan fingerprint density at radius 3 is 1.62 bits per heavy atom. The van der Waals surface area contributed by atoms with E-state index in [0.29, 0.717) is 93.4 Å². The number of hydrogen-bond acceptors (Lipinski definition) is 16. The molecule has 69 heavy (non-hydrogen) atoms. The largest absolute Gasteiger partial charge is 0.507 e. The highest BCUT2D eigenvalue weighted by atomic mass is 79.9.